The van der Waals surface area contributed by atoms with Crippen LogP contribution in [0.1, 0.15) is 29.7 Å². The van der Waals surface area contributed by atoms with Crippen molar-refractivity contribution in [3.05, 3.63) is 53.1 Å². The lowest BCUT2D eigenvalue weighted by molar-refractivity contribution is -0.0500. The molecule has 2 aliphatic rings. The maximum atomic E-state index is 12.8. The summed E-state index contributed by atoms with van der Waals surface area (Å²) in [5.74, 6) is -0.216. The van der Waals surface area contributed by atoms with E-state index in [1.54, 1.807) is 6.07 Å². The van der Waals surface area contributed by atoms with E-state index >= 15 is 0 Å². The summed E-state index contributed by atoms with van der Waals surface area (Å²) in [6.45, 7) is 3.49. The van der Waals surface area contributed by atoms with Crippen molar-refractivity contribution in [1.29, 1.82) is 0 Å². The minimum absolute atomic E-state index is 0.000732. The molecule has 8 heteroatoms. The molecular weight excluding hydrogens is 379 g/mol. The topological polar surface area (TPSA) is 46.6 Å². The monoisotopic (exact) mass is 397 g/mol. The molecule has 0 saturated heterocycles. The van der Waals surface area contributed by atoms with Gasteiger partial charge in [0, 0.05) is 18.2 Å². The third kappa shape index (κ3) is 2.91. The van der Waals surface area contributed by atoms with Gasteiger partial charge in [-0.2, -0.15) is 21.6 Å². The second kappa shape index (κ2) is 6.24. The Morgan fingerprint density at radius 1 is 1.15 bits per heavy atom. The van der Waals surface area contributed by atoms with Gasteiger partial charge in [0.15, 0.2) is 0 Å². The Kier molecular flexibility index (Phi) is 4.23. The van der Waals surface area contributed by atoms with Crippen LogP contribution >= 0.6 is 0 Å². The highest BCUT2D eigenvalue weighted by molar-refractivity contribution is 7.88. The lowest BCUT2D eigenvalue weighted by Crippen LogP contribution is -2.38. The van der Waals surface area contributed by atoms with E-state index in [0.717, 1.165) is 29.7 Å². The fraction of sp³-hybridized carbons (Fsp3) is 0.368. The molecule has 0 saturated carbocycles. The Morgan fingerprint density at radius 3 is 2.59 bits per heavy atom. The van der Waals surface area contributed by atoms with Gasteiger partial charge < -0.3 is 4.18 Å². The molecule has 2 aromatic carbocycles. The molecule has 1 aliphatic heterocycles. The lowest BCUT2D eigenvalue weighted by atomic mass is 9.77. The van der Waals surface area contributed by atoms with Gasteiger partial charge in [0.25, 0.3) is 0 Å². The van der Waals surface area contributed by atoms with E-state index < -0.39 is 15.6 Å². The molecule has 144 valence electrons. The van der Waals surface area contributed by atoms with E-state index in [4.69, 9.17) is 0 Å². The molecular formula is C19H18F3NO3S. The second-order valence-electron chi connectivity index (χ2n) is 6.74. The second-order valence-corrected chi connectivity index (χ2v) is 8.28. The Bertz CT molecular complexity index is 1000. The van der Waals surface area contributed by atoms with Crippen LogP contribution in [0.5, 0.6) is 5.75 Å². The van der Waals surface area contributed by atoms with Gasteiger partial charge >= 0.3 is 15.6 Å². The Morgan fingerprint density at radius 2 is 1.89 bits per heavy atom. The van der Waals surface area contributed by atoms with Crippen LogP contribution in [0.3, 0.4) is 0 Å². The highest BCUT2D eigenvalue weighted by Crippen LogP contribution is 2.48. The summed E-state index contributed by atoms with van der Waals surface area (Å²) in [4.78, 5) is 2.27. The van der Waals surface area contributed by atoms with Crippen molar-refractivity contribution in [2.24, 2.45) is 0 Å². The van der Waals surface area contributed by atoms with E-state index in [1.807, 2.05) is 25.1 Å². The number of nitrogens with zero attached hydrogens (tertiary/aromatic N) is 1. The van der Waals surface area contributed by atoms with Crippen LogP contribution in [0.4, 0.5) is 13.2 Å². The smallest absolute Gasteiger partial charge is 0.376 e. The summed E-state index contributed by atoms with van der Waals surface area (Å²) in [7, 11) is -5.70. The number of fused-ring (bicyclic) bond motifs is 2. The quantitative estimate of drug-likeness (QED) is 0.579. The molecule has 0 fully saturated rings. The summed E-state index contributed by atoms with van der Waals surface area (Å²) in [5.41, 5.74) is -0.856. The average Bonchev–Trinajstić information content (AvgIpc) is 2.62. The molecule has 0 radical (unpaired) electrons. The number of halogens is 3. The van der Waals surface area contributed by atoms with E-state index in [2.05, 4.69) is 15.1 Å². The van der Waals surface area contributed by atoms with Crippen molar-refractivity contribution in [2.75, 3.05) is 13.1 Å². The predicted molar refractivity (Wildman–Crippen MR) is 94.9 cm³/mol. The van der Waals surface area contributed by atoms with Crippen LogP contribution in [0, 0.1) is 0 Å². The van der Waals surface area contributed by atoms with E-state index in [9.17, 15) is 21.6 Å². The zero-order valence-electron chi connectivity index (χ0n) is 14.6. The zero-order chi connectivity index (χ0) is 19.4. The van der Waals surface area contributed by atoms with Crippen LogP contribution in [-0.4, -0.2) is 31.9 Å². The predicted octanol–water partition coefficient (Wildman–Crippen LogP) is 4.06. The Labute approximate surface area is 155 Å². The minimum Gasteiger partial charge on any atom is -0.376 e. The van der Waals surface area contributed by atoms with Crippen LogP contribution in [0.15, 0.2) is 36.4 Å². The maximum absolute atomic E-state index is 12.8. The molecule has 0 amide bonds. The van der Waals surface area contributed by atoms with Crippen LogP contribution in [-0.2, 0) is 23.0 Å². The maximum Gasteiger partial charge on any atom is 0.534 e. The first-order chi connectivity index (χ1) is 12.7. The molecule has 0 aromatic heterocycles. The lowest BCUT2D eigenvalue weighted by Gasteiger charge is -2.41. The molecule has 2 aromatic rings. The van der Waals surface area contributed by atoms with Crippen molar-refractivity contribution in [1.82, 2.24) is 4.90 Å². The number of likely N-dealkylation sites (N-methyl/N-ethyl adjacent to an activating group) is 1. The summed E-state index contributed by atoms with van der Waals surface area (Å²) in [6.07, 6.45) is 1.18. The molecule has 4 rings (SSSR count). The summed E-state index contributed by atoms with van der Waals surface area (Å²) in [5, 5.41) is 0. The van der Waals surface area contributed by atoms with Gasteiger partial charge in [-0.3, -0.25) is 4.90 Å². The summed E-state index contributed by atoms with van der Waals surface area (Å²) < 4.78 is 65.9. The molecule has 1 aliphatic carbocycles. The van der Waals surface area contributed by atoms with Crippen molar-refractivity contribution in [3.63, 3.8) is 0 Å². The molecule has 1 atom stereocenters. The average molecular weight is 397 g/mol. The molecule has 4 nitrogen and oxygen atoms in total. The summed E-state index contributed by atoms with van der Waals surface area (Å²) in [6, 6.07) is 10.9. The normalized spacial score (nSPS) is 19.3. The number of hydrogen-bond acceptors (Lipinski definition) is 4. The zero-order valence-corrected chi connectivity index (χ0v) is 15.4. The van der Waals surface area contributed by atoms with Crippen molar-refractivity contribution in [3.8, 4) is 16.9 Å². The first kappa shape index (κ1) is 18.3. The highest BCUT2D eigenvalue weighted by atomic mass is 32.2. The van der Waals surface area contributed by atoms with Crippen LogP contribution in [0.25, 0.3) is 11.1 Å². The van der Waals surface area contributed by atoms with Gasteiger partial charge in [0.2, 0.25) is 0 Å². The molecule has 0 spiro atoms. The first-order valence-corrected chi connectivity index (χ1v) is 10.1. The first-order valence-electron chi connectivity index (χ1n) is 8.72. The van der Waals surface area contributed by atoms with Gasteiger partial charge in [-0.15, -0.1) is 0 Å². The molecule has 0 unspecified atom stereocenters. The molecule has 1 heterocycles. The fourth-order valence-electron chi connectivity index (χ4n) is 4.13. The van der Waals surface area contributed by atoms with E-state index in [0.29, 0.717) is 18.5 Å². The van der Waals surface area contributed by atoms with Crippen molar-refractivity contribution in [2.45, 2.75) is 31.3 Å². The third-order valence-corrected chi connectivity index (χ3v) is 6.31. The fourth-order valence-corrected chi connectivity index (χ4v) is 4.62. The van der Waals surface area contributed by atoms with Gasteiger partial charge in [-0.1, -0.05) is 37.3 Å². The highest BCUT2D eigenvalue weighted by Gasteiger charge is 2.49. The van der Waals surface area contributed by atoms with Gasteiger partial charge in [-0.05, 0) is 47.7 Å². The number of alkyl halides is 3. The summed E-state index contributed by atoms with van der Waals surface area (Å²) >= 11 is 0. The minimum atomic E-state index is -5.70. The Hall–Kier alpha value is -2.06. The SMILES string of the molecule is CCN1CCc2c(OS(=O)(=O)C(F)(F)F)ccc3c2[C@H]1Cc1ccccc1-3. The largest absolute Gasteiger partial charge is 0.534 e. The van der Waals surface area contributed by atoms with Gasteiger partial charge in [0.05, 0.1) is 0 Å². The van der Waals surface area contributed by atoms with E-state index in [-0.39, 0.29) is 11.8 Å². The Balaban J connectivity index is 1.88. The van der Waals surface area contributed by atoms with Crippen LogP contribution in [0.2, 0.25) is 0 Å². The third-order valence-electron chi connectivity index (χ3n) is 5.35. The van der Waals surface area contributed by atoms with Gasteiger partial charge in [-0.25, -0.2) is 0 Å². The molecule has 0 N–H and O–H groups in total. The molecule has 0 bridgehead atoms. The van der Waals surface area contributed by atoms with Crippen molar-refractivity contribution < 1.29 is 25.8 Å². The van der Waals surface area contributed by atoms with E-state index in [1.165, 1.54) is 11.6 Å². The van der Waals surface area contributed by atoms with Crippen molar-refractivity contribution >= 4 is 10.1 Å². The number of benzene rings is 2. The van der Waals surface area contributed by atoms with Gasteiger partial charge in [0.1, 0.15) is 5.75 Å². The number of rotatable bonds is 3. The standard InChI is InChI=1S/C19H18F3NO3S/c1-2-23-10-9-15-17(26-27(24,25)19(20,21)22)8-7-14-13-6-4-3-5-12(13)11-16(23)18(14)15/h3-8,16H,2,9-11H2,1H3/t16-/m1/s1. The molecule has 27 heavy (non-hydrogen) atoms. The number of hydrogen-bond donors (Lipinski definition) is 0. The van der Waals surface area contributed by atoms with Crippen LogP contribution < -0.4 is 4.18 Å².